The summed E-state index contributed by atoms with van der Waals surface area (Å²) in [5, 5.41) is 23.7. The number of aliphatic hydroxyl groups excluding tert-OH is 1. The fraction of sp³-hybridized carbons (Fsp3) is 0.256. The lowest BCUT2D eigenvalue weighted by Gasteiger charge is -2.27. The molecule has 1 aliphatic rings. The number of amides is 3. The quantitative estimate of drug-likeness (QED) is 0.119. The van der Waals surface area contributed by atoms with Gasteiger partial charge in [0.25, 0.3) is 5.91 Å². The molecule has 2 atom stereocenters. The standard InChI is InChI=1S/C39H38F3N3O6/c1-25(31-11-5-6-12-32(31)33-13-7-8-14-35(33)51-39(40,41)42)44-38(50)45(30-21-19-28(20-22-30)27-9-3-2-4-10-27)24-26-15-17-29(18-16-26)36(47)43-23-34(46)37(48)49/h5-9,11-22,25,34,46H,2-4,10,23-24H2,1H3,(H,43,47)(H,44,50)(H,48,49)/t25?,34-/m1/s1. The van der Waals surface area contributed by atoms with Crippen LogP contribution in [0.5, 0.6) is 5.75 Å². The van der Waals surface area contributed by atoms with Crippen LogP contribution in [0.1, 0.15) is 65.7 Å². The number of carboxylic acids is 1. The summed E-state index contributed by atoms with van der Waals surface area (Å²) in [5.74, 6) is -2.38. The fourth-order valence-electron chi connectivity index (χ4n) is 5.92. The largest absolute Gasteiger partial charge is 0.573 e. The highest BCUT2D eigenvalue weighted by Crippen LogP contribution is 2.37. The minimum Gasteiger partial charge on any atom is -0.479 e. The van der Waals surface area contributed by atoms with Gasteiger partial charge in [-0.25, -0.2) is 9.59 Å². The Morgan fingerprint density at radius 1 is 0.882 bits per heavy atom. The summed E-state index contributed by atoms with van der Waals surface area (Å²) in [7, 11) is 0. The molecule has 12 heteroatoms. The van der Waals surface area contributed by atoms with E-state index in [1.165, 1.54) is 40.8 Å². The zero-order valence-corrected chi connectivity index (χ0v) is 27.8. The SMILES string of the molecule is CC(NC(=O)N(Cc1ccc(C(=O)NC[C@@H](O)C(=O)O)cc1)c1ccc(C2=CCCCC2)cc1)c1ccccc1-c1ccccc1OC(F)(F)F. The number of urea groups is 1. The van der Waals surface area contributed by atoms with Crippen molar-refractivity contribution >= 4 is 29.2 Å². The van der Waals surface area contributed by atoms with E-state index in [2.05, 4.69) is 21.4 Å². The lowest BCUT2D eigenvalue weighted by molar-refractivity contribution is -0.274. The maximum atomic E-state index is 14.1. The second-order valence-electron chi connectivity index (χ2n) is 12.2. The topological polar surface area (TPSA) is 128 Å². The van der Waals surface area contributed by atoms with Crippen LogP contribution in [0.15, 0.2) is 103 Å². The van der Waals surface area contributed by atoms with E-state index in [0.29, 0.717) is 22.4 Å². The van der Waals surface area contributed by atoms with Gasteiger partial charge in [0.15, 0.2) is 6.10 Å². The molecule has 0 bridgehead atoms. The molecule has 1 aliphatic carbocycles. The predicted octanol–water partition coefficient (Wildman–Crippen LogP) is 7.86. The molecule has 9 nitrogen and oxygen atoms in total. The number of nitrogens with zero attached hydrogens (tertiary/aromatic N) is 1. The van der Waals surface area contributed by atoms with Crippen molar-refractivity contribution in [3.63, 3.8) is 0 Å². The summed E-state index contributed by atoms with van der Waals surface area (Å²) in [5.41, 5.74) is 5.10. The van der Waals surface area contributed by atoms with Crippen LogP contribution in [0.3, 0.4) is 0 Å². The Morgan fingerprint density at radius 3 is 2.20 bits per heavy atom. The van der Waals surface area contributed by atoms with Crippen LogP contribution in [0.2, 0.25) is 0 Å². The molecule has 0 heterocycles. The Hall–Kier alpha value is -5.62. The lowest BCUT2D eigenvalue weighted by Crippen LogP contribution is -2.41. The highest BCUT2D eigenvalue weighted by Gasteiger charge is 2.32. The summed E-state index contributed by atoms with van der Waals surface area (Å²) in [6, 6.07) is 25.7. The number of carboxylic acid groups (broad SMARTS) is 1. The van der Waals surface area contributed by atoms with E-state index < -0.39 is 43.0 Å². The molecule has 0 spiro atoms. The smallest absolute Gasteiger partial charge is 0.479 e. The van der Waals surface area contributed by atoms with Crippen LogP contribution in [0, 0.1) is 0 Å². The highest BCUT2D eigenvalue weighted by molar-refractivity contribution is 5.95. The summed E-state index contributed by atoms with van der Waals surface area (Å²) in [6.45, 7) is 1.39. The Kier molecular flexibility index (Phi) is 11.8. The minimum atomic E-state index is -4.89. The summed E-state index contributed by atoms with van der Waals surface area (Å²) in [4.78, 5) is 39.0. The summed E-state index contributed by atoms with van der Waals surface area (Å²) in [6.07, 6.45) is -0.123. The first kappa shape index (κ1) is 36.7. The molecule has 4 aromatic rings. The Balaban J connectivity index is 1.40. The lowest BCUT2D eigenvalue weighted by atomic mass is 9.93. The van der Waals surface area contributed by atoms with Crippen molar-refractivity contribution in [2.75, 3.05) is 11.4 Å². The minimum absolute atomic E-state index is 0.101. The average molecular weight is 702 g/mol. The number of carbonyl (C=O) groups excluding carboxylic acids is 2. The maximum absolute atomic E-state index is 14.1. The number of nitrogens with one attached hydrogen (secondary N) is 2. The van der Waals surface area contributed by atoms with Crippen LogP contribution < -0.4 is 20.3 Å². The third kappa shape index (κ3) is 9.76. The molecule has 4 N–H and O–H groups in total. The van der Waals surface area contributed by atoms with Gasteiger partial charge in [-0.05, 0) is 90.8 Å². The van der Waals surface area contributed by atoms with E-state index in [1.807, 2.05) is 24.3 Å². The molecular weight excluding hydrogens is 663 g/mol. The zero-order chi connectivity index (χ0) is 36.5. The molecular formula is C39H38F3N3O6. The molecule has 5 rings (SSSR count). The number of anilines is 1. The molecule has 0 saturated heterocycles. The molecule has 0 aliphatic heterocycles. The Bertz CT molecular complexity index is 1880. The van der Waals surface area contributed by atoms with Gasteiger partial charge in [0.05, 0.1) is 19.1 Å². The highest BCUT2D eigenvalue weighted by atomic mass is 19.4. The molecule has 0 aromatic heterocycles. The van der Waals surface area contributed by atoms with E-state index in [4.69, 9.17) is 5.11 Å². The van der Waals surface area contributed by atoms with Gasteiger partial charge in [0.1, 0.15) is 5.75 Å². The average Bonchev–Trinajstić information content (AvgIpc) is 3.13. The molecule has 266 valence electrons. The second kappa shape index (κ2) is 16.4. The number of rotatable bonds is 12. The Morgan fingerprint density at radius 2 is 1.55 bits per heavy atom. The number of halogens is 3. The first-order chi connectivity index (χ1) is 24.4. The first-order valence-corrected chi connectivity index (χ1v) is 16.5. The van der Waals surface area contributed by atoms with Gasteiger partial charge >= 0.3 is 18.4 Å². The van der Waals surface area contributed by atoms with E-state index >= 15 is 0 Å². The zero-order valence-electron chi connectivity index (χ0n) is 27.8. The summed E-state index contributed by atoms with van der Waals surface area (Å²) >= 11 is 0. The van der Waals surface area contributed by atoms with Crippen LogP contribution in [0.4, 0.5) is 23.7 Å². The predicted molar refractivity (Wildman–Crippen MR) is 187 cm³/mol. The van der Waals surface area contributed by atoms with Gasteiger partial charge in [0, 0.05) is 16.8 Å². The van der Waals surface area contributed by atoms with Gasteiger partial charge in [-0.3, -0.25) is 9.69 Å². The number of aliphatic carboxylic acids is 1. The third-order valence-electron chi connectivity index (χ3n) is 8.55. The molecule has 51 heavy (non-hydrogen) atoms. The van der Waals surface area contributed by atoms with Crippen molar-refractivity contribution in [2.45, 2.75) is 57.7 Å². The van der Waals surface area contributed by atoms with Crippen molar-refractivity contribution in [3.05, 3.63) is 125 Å². The maximum Gasteiger partial charge on any atom is 0.573 e. The van der Waals surface area contributed by atoms with Crippen LogP contribution in [-0.2, 0) is 11.3 Å². The third-order valence-corrected chi connectivity index (χ3v) is 8.55. The summed E-state index contributed by atoms with van der Waals surface area (Å²) < 4.78 is 44.0. The number of hydrogen-bond donors (Lipinski definition) is 4. The van der Waals surface area contributed by atoms with Crippen molar-refractivity contribution < 1.29 is 42.5 Å². The number of benzene rings is 4. The monoisotopic (exact) mass is 701 g/mol. The van der Waals surface area contributed by atoms with Crippen LogP contribution in [0.25, 0.3) is 16.7 Å². The van der Waals surface area contributed by atoms with Gasteiger partial charge < -0.3 is 25.6 Å². The fourth-order valence-corrected chi connectivity index (χ4v) is 5.92. The molecule has 0 saturated carbocycles. The van der Waals surface area contributed by atoms with Crippen molar-refractivity contribution in [1.29, 1.82) is 0 Å². The number of allylic oxidation sites excluding steroid dienone is 2. The molecule has 1 unspecified atom stereocenters. The van der Waals surface area contributed by atoms with Gasteiger partial charge in [-0.15, -0.1) is 13.2 Å². The van der Waals surface area contributed by atoms with E-state index in [9.17, 15) is 32.7 Å². The number of alkyl halides is 3. The number of carbonyl (C=O) groups is 3. The number of ether oxygens (including phenoxy) is 1. The van der Waals surface area contributed by atoms with Gasteiger partial charge in [-0.2, -0.15) is 0 Å². The first-order valence-electron chi connectivity index (χ1n) is 16.5. The number of para-hydroxylation sites is 1. The molecule has 4 aromatic carbocycles. The van der Waals surface area contributed by atoms with E-state index in [0.717, 1.165) is 31.2 Å². The normalized spacial score (nSPS) is 14.1. The van der Waals surface area contributed by atoms with Crippen molar-refractivity contribution in [2.24, 2.45) is 0 Å². The van der Waals surface area contributed by atoms with Crippen LogP contribution >= 0.6 is 0 Å². The Labute approximate surface area is 293 Å². The van der Waals surface area contributed by atoms with E-state index in [-0.39, 0.29) is 23.4 Å². The van der Waals surface area contributed by atoms with Crippen molar-refractivity contribution in [3.8, 4) is 16.9 Å². The molecule has 0 radical (unpaired) electrons. The molecule has 0 fully saturated rings. The second-order valence-corrected chi connectivity index (χ2v) is 12.2. The van der Waals surface area contributed by atoms with E-state index in [1.54, 1.807) is 49.4 Å². The van der Waals surface area contributed by atoms with Crippen LogP contribution in [-0.4, -0.2) is 47.1 Å². The van der Waals surface area contributed by atoms with Gasteiger partial charge in [-0.1, -0.05) is 72.8 Å². The number of hydrogen-bond acceptors (Lipinski definition) is 5. The van der Waals surface area contributed by atoms with Gasteiger partial charge in [0.2, 0.25) is 0 Å². The number of aliphatic hydroxyl groups is 1. The molecule has 3 amide bonds. The van der Waals surface area contributed by atoms with Crippen molar-refractivity contribution in [1.82, 2.24) is 10.6 Å².